The van der Waals surface area contributed by atoms with Gasteiger partial charge in [-0.05, 0) is 31.0 Å². The molecule has 1 aromatic carbocycles. The lowest BCUT2D eigenvalue weighted by Crippen LogP contribution is -2.21. The van der Waals surface area contributed by atoms with Gasteiger partial charge in [0.15, 0.2) is 0 Å². The van der Waals surface area contributed by atoms with Gasteiger partial charge in [0.05, 0.1) is 5.69 Å². The van der Waals surface area contributed by atoms with Crippen molar-refractivity contribution in [2.45, 2.75) is 31.2 Å². The van der Waals surface area contributed by atoms with Gasteiger partial charge in [-0.1, -0.05) is 26.0 Å². The minimum Gasteiger partial charge on any atom is -0.381 e. The van der Waals surface area contributed by atoms with Crippen LogP contribution in [0.25, 0.3) is 0 Å². The molecule has 0 spiro atoms. The maximum Gasteiger partial charge on any atom is 0.242 e. The molecule has 1 aliphatic carbocycles. The number of rotatable bonds is 4. The SMILES string of the molecule is CNS(=O)(=O)c1ccccc1NC1CC1(C)C. The van der Waals surface area contributed by atoms with Crippen molar-refractivity contribution in [3.05, 3.63) is 24.3 Å². The van der Waals surface area contributed by atoms with Crippen LogP contribution in [0.3, 0.4) is 0 Å². The first kappa shape index (κ1) is 12.4. The summed E-state index contributed by atoms with van der Waals surface area (Å²) >= 11 is 0. The molecule has 94 valence electrons. The minimum atomic E-state index is -3.40. The highest BCUT2D eigenvalue weighted by molar-refractivity contribution is 7.89. The predicted molar refractivity (Wildman–Crippen MR) is 68.5 cm³/mol. The van der Waals surface area contributed by atoms with E-state index in [2.05, 4.69) is 23.9 Å². The maximum absolute atomic E-state index is 11.8. The monoisotopic (exact) mass is 254 g/mol. The van der Waals surface area contributed by atoms with Crippen LogP contribution >= 0.6 is 0 Å². The Morgan fingerprint density at radius 2 is 1.88 bits per heavy atom. The van der Waals surface area contributed by atoms with Crippen molar-refractivity contribution in [2.24, 2.45) is 5.41 Å². The molecule has 0 aliphatic heterocycles. The van der Waals surface area contributed by atoms with Crippen molar-refractivity contribution in [1.82, 2.24) is 4.72 Å². The Morgan fingerprint density at radius 3 is 2.41 bits per heavy atom. The van der Waals surface area contributed by atoms with Gasteiger partial charge in [-0.2, -0.15) is 0 Å². The van der Waals surface area contributed by atoms with E-state index in [1.54, 1.807) is 18.2 Å². The normalized spacial score (nSPS) is 22.2. The molecule has 0 radical (unpaired) electrons. The van der Waals surface area contributed by atoms with Crippen molar-refractivity contribution in [3.8, 4) is 0 Å². The van der Waals surface area contributed by atoms with Crippen LogP contribution < -0.4 is 10.0 Å². The molecule has 0 amide bonds. The molecule has 2 rings (SSSR count). The number of hydrogen-bond acceptors (Lipinski definition) is 3. The van der Waals surface area contributed by atoms with Gasteiger partial charge in [-0.25, -0.2) is 13.1 Å². The predicted octanol–water partition coefficient (Wildman–Crippen LogP) is 1.81. The standard InChI is InChI=1S/C12H18N2O2S/c1-12(2)8-11(12)14-9-6-4-5-7-10(9)17(15,16)13-3/h4-7,11,13-14H,8H2,1-3H3. The molecule has 4 nitrogen and oxygen atoms in total. The van der Waals surface area contributed by atoms with E-state index in [4.69, 9.17) is 0 Å². The number of nitrogens with one attached hydrogen (secondary N) is 2. The maximum atomic E-state index is 11.8. The van der Waals surface area contributed by atoms with Crippen molar-refractivity contribution in [1.29, 1.82) is 0 Å². The Hall–Kier alpha value is -1.07. The van der Waals surface area contributed by atoms with Gasteiger partial charge in [-0.3, -0.25) is 0 Å². The number of benzene rings is 1. The quantitative estimate of drug-likeness (QED) is 0.861. The number of sulfonamides is 1. The Morgan fingerprint density at radius 1 is 1.29 bits per heavy atom. The molecule has 1 aromatic rings. The minimum absolute atomic E-state index is 0.260. The van der Waals surface area contributed by atoms with E-state index in [1.807, 2.05) is 6.07 Å². The summed E-state index contributed by atoms with van der Waals surface area (Å²) in [4.78, 5) is 0.310. The smallest absolute Gasteiger partial charge is 0.242 e. The zero-order valence-electron chi connectivity index (χ0n) is 10.3. The van der Waals surface area contributed by atoms with E-state index in [0.717, 1.165) is 6.42 Å². The summed E-state index contributed by atoms with van der Waals surface area (Å²) in [5, 5.41) is 3.30. The van der Waals surface area contributed by atoms with Gasteiger partial charge < -0.3 is 5.32 Å². The fourth-order valence-electron chi connectivity index (χ4n) is 1.83. The van der Waals surface area contributed by atoms with Crippen LogP contribution in [0, 0.1) is 5.41 Å². The second-order valence-electron chi connectivity index (χ2n) is 5.09. The molecular formula is C12H18N2O2S. The largest absolute Gasteiger partial charge is 0.381 e. The van der Waals surface area contributed by atoms with Crippen LogP contribution in [0.2, 0.25) is 0 Å². The summed E-state index contributed by atoms with van der Waals surface area (Å²) in [7, 11) is -1.97. The third kappa shape index (κ3) is 2.45. The van der Waals surface area contributed by atoms with Gasteiger partial charge in [0.25, 0.3) is 0 Å². The third-order valence-corrected chi connectivity index (χ3v) is 4.76. The molecule has 2 N–H and O–H groups in total. The van der Waals surface area contributed by atoms with Gasteiger partial charge in [-0.15, -0.1) is 0 Å². The zero-order valence-corrected chi connectivity index (χ0v) is 11.1. The highest BCUT2D eigenvalue weighted by Crippen LogP contribution is 2.47. The average Bonchev–Trinajstić information content (AvgIpc) is 2.86. The topological polar surface area (TPSA) is 58.2 Å². The molecule has 5 heteroatoms. The molecule has 0 aromatic heterocycles. The number of para-hydroxylation sites is 1. The molecule has 0 heterocycles. The van der Waals surface area contributed by atoms with Crippen LogP contribution in [0.1, 0.15) is 20.3 Å². The Balaban J connectivity index is 2.29. The van der Waals surface area contributed by atoms with Crippen LogP contribution in [-0.2, 0) is 10.0 Å². The van der Waals surface area contributed by atoms with Gasteiger partial charge >= 0.3 is 0 Å². The Kier molecular flexibility index (Phi) is 2.91. The Bertz CT molecular complexity index is 523. The lowest BCUT2D eigenvalue weighted by atomic mass is 10.2. The van der Waals surface area contributed by atoms with Crippen LogP contribution in [-0.4, -0.2) is 21.5 Å². The van der Waals surface area contributed by atoms with E-state index in [9.17, 15) is 8.42 Å². The third-order valence-electron chi connectivity index (χ3n) is 3.29. The van der Waals surface area contributed by atoms with Crippen molar-refractivity contribution >= 4 is 15.7 Å². The van der Waals surface area contributed by atoms with E-state index in [-0.39, 0.29) is 5.41 Å². The van der Waals surface area contributed by atoms with Crippen molar-refractivity contribution < 1.29 is 8.42 Å². The van der Waals surface area contributed by atoms with Gasteiger partial charge in [0, 0.05) is 6.04 Å². The molecule has 0 bridgehead atoms. The molecular weight excluding hydrogens is 236 g/mol. The molecule has 1 aliphatic rings. The van der Waals surface area contributed by atoms with Crippen LogP contribution in [0.4, 0.5) is 5.69 Å². The number of anilines is 1. The summed E-state index contributed by atoms with van der Waals surface area (Å²) < 4.78 is 26.0. The average molecular weight is 254 g/mol. The molecule has 17 heavy (non-hydrogen) atoms. The van der Waals surface area contributed by atoms with Gasteiger partial charge in [0.1, 0.15) is 4.90 Å². The van der Waals surface area contributed by atoms with Crippen LogP contribution in [0.5, 0.6) is 0 Å². The first-order valence-corrected chi connectivity index (χ1v) is 7.14. The summed E-state index contributed by atoms with van der Waals surface area (Å²) in [6.45, 7) is 4.33. The Labute approximate surface area is 102 Å². The fraction of sp³-hybridized carbons (Fsp3) is 0.500. The highest BCUT2D eigenvalue weighted by Gasteiger charge is 2.46. The molecule has 1 saturated carbocycles. The first-order valence-electron chi connectivity index (χ1n) is 5.66. The summed E-state index contributed by atoms with van der Waals surface area (Å²) in [5.74, 6) is 0. The van der Waals surface area contributed by atoms with E-state index in [0.29, 0.717) is 16.6 Å². The zero-order chi connectivity index (χ0) is 12.7. The van der Waals surface area contributed by atoms with E-state index >= 15 is 0 Å². The van der Waals surface area contributed by atoms with E-state index in [1.165, 1.54) is 7.05 Å². The number of hydrogen-bond donors (Lipinski definition) is 2. The van der Waals surface area contributed by atoms with Crippen molar-refractivity contribution in [2.75, 3.05) is 12.4 Å². The van der Waals surface area contributed by atoms with Gasteiger partial charge in [0.2, 0.25) is 10.0 Å². The van der Waals surface area contributed by atoms with E-state index < -0.39 is 10.0 Å². The molecule has 1 fully saturated rings. The lowest BCUT2D eigenvalue weighted by molar-refractivity contribution is 0.588. The van der Waals surface area contributed by atoms with Crippen molar-refractivity contribution in [3.63, 3.8) is 0 Å². The second-order valence-corrected chi connectivity index (χ2v) is 6.95. The second kappa shape index (κ2) is 3.99. The highest BCUT2D eigenvalue weighted by atomic mass is 32.2. The molecule has 1 atom stereocenters. The fourth-order valence-corrected chi connectivity index (χ4v) is 2.73. The van der Waals surface area contributed by atoms with Crippen LogP contribution in [0.15, 0.2) is 29.2 Å². The summed E-state index contributed by atoms with van der Waals surface area (Å²) in [6, 6.07) is 7.35. The first-order chi connectivity index (χ1) is 7.87. The summed E-state index contributed by atoms with van der Waals surface area (Å²) in [5.41, 5.74) is 0.939. The molecule has 0 saturated heterocycles. The molecule has 1 unspecified atom stereocenters. The summed E-state index contributed by atoms with van der Waals surface area (Å²) in [6.07, 6.45) is 1.07. The lowest BCUT2D eigenvalue weighted by Gasteiger charge is -2.13.